The number of hydrogen-bond acceptors (Lipinski definition) is 4. The summed E-state index contributed by atoms with van der Waals surface area (Å²) in [5.74, 6) is 0.360. The van der Waals surface area contributed by atoms with Crippen molar-refractivity contribution in [3.63, 3.8) is 0 Å². The molecule has 0 saturated heterocycles. The number of nitrogens with one attached hydrogen (secondary N) is 2. The fourth-order valence-electron chi connectivity index (χ4n) is 2.21. The maximum absolute atomic E-state index is 12.2. The third-order valence-electron chi connectivity index (χ3n) is 3.39. The first-order valence-corrected chi connectivity index (χ1v) is 9.48. The second-order valence-corrected chi connectivity index (χ2v) is 7.24. The highest BCUT2D eigenvalue weighted by Crippen LogP contribution is 2.16. The van der Waals surface area contributed by atoms with Gasteiger partial charge in [0.05, 0.1) is 11.5 Å². The first kappa shape index (κ1) is 19.0. The Balaban J connectivity index is 1.86. The van der Waals surface area contributed by atoms with Crippen LogP contribution in [-0.4, -0.2) is 27.5 Å². The zero-order valence-corrected chi connectivity index (χ0v) is 15.1. The molecule has 0 aliphatic heterocycles. The highest BCUT2D eigenvalue weighted by Gasteiger charge is 2.14. The summed E-state index contributed by atoms with van der Waals surface area (Å²) in [5.41, 5.74) is 1.73. The summed E-state index contributed by atoms with van der Waals surface area (Å²) in [6.45, 7) is 4.32. The highest BCUT2D eigenvalue weighted by molar-refractivity contribution is 7.89. The van der Waals surface area contributed by atoms with E-state index in [0.29, 0.717) is 18.0 Å². The zero-order valence-electron chi connectivity index (χ0n) is 14.3. The second kappa shape index (κ2) is 8.64. The van der Waals surface area contributed by atoms with Crippen molar-refractivity contribution in [1.82, 2.24) is 4.72 Å². The Morgan fingerprint density at radius 2 is 1.84 bits per heavy atom. The molecule has 0 saturated carbocycles. The van der Waals surface area contributed by atoms with E-state index in [0.717, 1.165) is 5.56 Å². The second-order valence-electron chi connectivity index (χ2n) is 5.47. The smallest absolute Gasteiger partial charge is 0.240 e. The van der Waals surface area contributed by atoms with E-state index >= 15 is 0 Å². The zero-order chi connectivity index (χ0) is 18.3. The molecule has 2 aromatic carbocycles. The summed E-state index contributed by atoms with van der Waals surface area (Å²) in [6, 6.07) is 13.6. The van der Waals surface area contributed by atoms with E-state index in [4.69, 9.17) is 4.74 Å². The minimum absolute atomic E-state index is 0.0210. The molecule has 6 nitrogen and oxygen atoms in total. The number of carbonyl (C=O) groups excluding carboxylic acids is 1. The predicted octanol–water partition coefficient (Wildman–Crippen LogP) is 2.70. The van der Waals surface area contributed by atoms with E-state index < -0.39 is 10.0 Å². The van der Waals surface area contributed by atoms with Crippen molar-refractivity contribution < 1.29 is 17.9 Å². The lowest BCUT2D eigenvalue weighted by molar-refractivity contribution is -0.116. The molecule has 2 rings (SSSR count). The van der Waals surface area contributed by atoms with Crippen LogP contribution in [0.5, 0.6) is 5.75 Å². The number of aryl methyl sites for hydroxylation is 1. The monoisotopic (exact) mass is 362 g/mol. The van der Waals surface area contributed by atoms with Crippen LogP contribution in [0.4, 0.5) is 5.69 Å². The van der Waals surface area contributed by atoms with Crippen molar-refractivity contribution in [3.8, 4) is 5.75 Å². The van der Waals surface area contributed by atoms with Gasteiger partial charge in [-0.2, -0.15) is 0 Å². The van der Waals surface area contributed by atoms with E-state index in [2.05, 4.69) is 10.0 Å². The van der Waals surface area contributed by atoms with Crippen LogP contribution < -0.4 is 14.8 Å². The number of ether oxygens (including phenoxy) is 1. The van der Waals surface area contributed by atoms with Crippen LogP contribution in [0.2, 0.25) is 0 Å². The molecule has 7 heteroatoms. The van der Waals surface area contributed by atoms with Crippen molar-refractivity contribution in [2.24, 2.45) is 0 Å². The van der Waals surface area contributed by atoms with Crippen LogP contribution in [0.15, 0.2) is 53.4 Å². The molecular weight excluding hydrogens is 340 g/mol. The van der Waals surface area contributed by atoms with Crippen LogP contribution in [-0.2, 0) is 14.8 Å². The third-order valence-corrected chi connectivity index (χ3v) is 4.87. The summed E-state index contributed by atoms with van der Waals surface area (Å²) >= 11 is 0. The van der Waals surface area contributed by atoms with Gasteiger partial charge in [-0.05, 0) is 55.8 Å². The molecule has 0 aliphatic carbocycles. The number of benzene rings is 2. The standard InChI is InChI=1S/C18H22N2O4S/c1-3-24-16-7-9-17(10-8-16)25(22,23)19-12-11-18(21)20-15-6-4-5-14(2)13-15/h4-10,13,19H,3,11-12H2,1-2H3,(H,20,21). The molecule has 0 spiro atoms. The van der Waals surface area contributed by atoms with Crippen LogP contribution in [0.1, 0.15) is 18.9 Å². The topological polar surface area (TPSA) is 84.5 Å². The largest absolute Gasteiger partial charge is 0.494 e. The Morgan fingerprint density at radius 1 is 1.12 bits per heavy atom. The van der Waals surface area contributed by atoms with Crippen molar-refractivity contribution >= 4 is 21.6 Å². The van der Waals surface area contributed by atoms with Gasteiger partial charge in [0.15, 0.2) is 0 Å². The van der Waals surface area contributed by atoms with Crippen LogP contribution >= 0.6 is 0 Å². The fourth-order valence-corrected chi connectivity index (χ4v) is 3.24. The first-order valence-electron chi connectivity index (χ1n) is 8.00. The molecule has 1 amide bonds. The number of hydrogen-bond donors (Lipinski definition) is 2. The molecule has 0 aliphatic rings. The quantitative estimate of drug-likeness (QED) is 0.756. The molecule has 0 bridgehead atoms. The summed E-state index contributed by atoms with van der Waals surface area (Å²) in [4.78, 5) is 12.0. The van der Waals surface area contributed by atoms with Crippen molar-refractivity contribution in [1.29, 1.82) is 0 Å². The van der Waals surface area contributed by atoms with Gasteiger partial charge in [0.1, 0.15) is 5.75 Å². The van der Waals surface area contributed by atoms with Gasteiger partial charge >= 0.3 is 0 Å². The minimum atomic E-state index is -3.65. The average Bonchev–Trinajstić information content (AvgIpc) is 2.55. The molecule has 25 heavy (non-hydrogen) atoms. The van der Waals surface area contributed by atoms with Gasteiger partial charge in [0.2, 0.25) is 15.9 Å². The number of rotatable bonds is 8. The van der Waals surface area contributed by atoms with Crippen molar-refractivity contribution in [2.75, 3.05) is 18.5 Å². The Bertz CT molecular complexity index is 817. The Kier molecular flexibility index (Phi) is 6.55. The Hall–Kier alpha value is -2.38. The SMILES string of the molecule is CCOc1ccc(S(=O)(=O)NCCC(=O)Nc2cccc(C)c2)cc1. The molecule has 0 radical (unpaired) electrons. The molecule has 134 valence electrons. The number of sulfonamides is 1. The van der Waals surface area contributed by atoms with Gasteiger partial charge in [0, 0.05) is 18.7 Å². The first-order chi connectivity index (χ1) is 11.9. The van der Waals surface area contributed by atoms with Gasteiger partial charge in [-0.1, -0.05) is 12.1 Å². The van der Waals surface area contributed by atoms with Gasteiger partial charge in [-0.25, -0.2) is 13.1 Å². The van der Waals surface area contributed by atoms with E-state index in [1.807, 2.05) is 32.0 Å². The van der Waals surface area contributed by atoms with Crippen LogP contribution in [0.25, 0.3) is 0 Å². The number of carbonyl (C=O) groups is 1. The lowest BCUT2D eigenvalue weighted by atomic mass is 10.2. The fraction of sp³-hybridized carbons (Fsp3) is 0.278. The van der Waals surface area contributed by atoms with Crippen molar-refractivity contribution in [2.45, 2.75) is 25.2 Å². The average molecular weight is 362 g/mol. The third kappa shape index (κ3) is 5.88. The summed E-state index contributed by atoms with van der Waals surface area (Å²) in [5, 5.41) is 2.74. The number of anilines is 1. The van der Waals surface area contributed by atoms with Gasteiger partial charge < -0.3 is 10.1 Å². The summed E-state index contributed by atoms with van der Waals surface area (Å²) < 4.78 is 32.1. The molecule has 0 atom stereocenters. The molecule has 0 fully saturated rings. The summed E-state index contributed by atoms with van der Waals surface area (Å²) in [7, 11) is -3.65. The molecule has 0 heterocycles. The van der Waals surface area contributed by atoms with Crippen molar-refractivity contribution in [3.05, 3.63) is 54.1 Å². The molecule has 0 unspecified atom stereocenters. The Labute approximate surface area is 148 Å². The predicted molar refractivity (Wildman–Crippen MR) is 97.2 cm³/mol. The highest BCUT2D eigenvalue weighted by atomic mass is 32.2. The van der Waals surface area contributed by atoms with E-state index in [9.17, 15) is 13.2 Å². The lowest BCUT2D eigenvalue weighted by Gasteiger charge is -2.09. The molecule has 2 aromatic rings. The minimum Gasteiger partial charge on any atom is -0.494 e. The molecule has 0 aromatic heterocycles. The normalized spacial score (nSPS) is 11.1. The van der Waals surface area contributed by atoms with E-state index in [1.165, 1.54) is 12.1 Å². The van der Waals surface area contributed by atoms with Gasteiger partial charge in [0.25, 0.3) is 0 Å². The van der Waals surface area contributed by atoms with E-state index in [-0.39, 0.29) is 23.8 Å². The molecular formula is C18H22N2O4S. The number of amides is 1. The summed E-state index contributed by atoms with van der Waals surface area (Å²) in [6.07, 6.45) is 0.0458. The maximum atomic E-state index is 12.2. The maximum Gasteiger partial charge on any atom is 0.240 e. The van der Waals surface area contributed by atoms with Gasteiger partial charge in [-0.3, -0.25) is 4.79 Å². The van der Waals surface area contributed by atoms with Crippen LogP contribution in [0.3, 0.4) is 0 Å². The van der Waals surface area contributed by atoms with Gasteiger partial charge in [-0.15, -0.1) is 0 Å². The Morgan fingerprint density at radius 3 is 2.48 bits per heavy atom. The lowest BCUT2D eigenvalue weighted by Crippen LogP contribution is -2.27. The van der Waals surface area contributed by atoms with Crippen LogP contribution in [0, 0.1) is 6.92 Å². The van der Waals surface area contributed by atoms with E-state index in [1.54, 1.807) is 18.2 Å². The molecule has 2 N–H and O–H groups in total.